The minimum atomic E-state index is -4.53. The largest absolute Gasteiger partial charge is 0.416 e. The first-order valence-electron chi connectivity index (χ1n) is 11.2. The zero-order valence-electron chi connectivity index (χ0n) is 20.0. The third-order valence-electron chi connectivity index (χ3n) is 5.65. The van der Waals surface area contributed by atoms with Crippen molar-refractivity contribution in [3.8, 4) is 0 Å². The summed E-state index contributed by atoms with van der Waals surface area (Å²) in [6.45, 7) is 1.91. The molecule has 2 aromatic carbocycles. The van der Waals surface area contributed by atoms with Crippen molar-refractivity contribution in [1.82, 2.24) is 14.7 Å². The standard InChI is InChI=1S/C26H24F3N5O3/c1-16-9-10-17(12-20(16)32-24(35)22-14-30-23-8-3-4-11-34(22)23)21(15-37-2)33-25(36)31-19-7-5-6-18(13-19)26(27,28)29/h3-14,21H,15H2,1-2H3,(H,32,35)(H2,31,33,36)/t21-/m0/s1. The lowest BCUT2D eigenvalue weighted by atomic mass is 10.0. The number of ether oxygens (including phenoxy) is 1. The molecule has 37 heavy (non-hydrogen) atoms. The van der Waals surface area contributed by atoms with Gasteiger partial charge in [-0.15, -0.1) is 0 Å². The Bertz CT molecular complexity index is 1430. The number of aromatic nitrogens is 2. The van der Waals surface area contributed by atoms with E-state index in [4.69, 9.17) is 4.74 Å². The maximum absolute atomic E-state index is 13.0. The number of imidazole rings is 1. The number of carbonyl (C=O) groups is 2. The molecule has 0 saturated carbocycles. The molecule has 0 bridgehead atoms. The van der Waals surface area contributed by atoms with E-state index < -0.39 is 23.8 Å². The molecule has 0 aliphatic heterocycles. The molecule has 4 rings (SSSR count). The minimum absolute atomic E-state index is 0.00613. The van der Waals surface area contributed by atoms with Crippen LogP contribution in [0.3, 0.4) is 0 Å². The van der Waals surface area contributed by atoms with Crippen molar-refractivity contribution in [3.05, 3.63) is 95.4 Å². The quantitative estimate of drug-likeness (QED) is 0.309. The van der Waals surface area contributed by atoms with Crippen LogP contribution < -0.4 is 16.0 Å². The summed E-state index contributed by atoms with van der Waals surface area (Å²) in [4.78, 5) is 29.8. The second-order valence-corrected chi connectivity index (χ2v) is 8.29. The number of fused-ring (bicyclic) bond motifs is 1. The Balaban J connectivity index is 1.51. The molecule has 2 aromatic heterocycles. The van der Waals surface area contributed by atoms with Crippen LogP contribution in [0.1, 0.15) is 33.2 Å². The van der Waals surface area contributed by atoms with E-state index in [1.807, 2.05) is 13.0 Å². The van der Waals surface area contributed by atoms with Crippen LogP contribution >= 0.6 is 0 Å². The third kappa shape index (κ3) is 6.07. The molecule has 0 saturated heterocycles. The number of urea groups is 1. The molecule has 3 N–H and O–H groups in total. The van der Waals surface area contributed by atoms with Crippen molar-refractivity contribution in [1.29, 1.82) is 0 Å². The number of hydrogen-bond acceptors (Lipinski definition) is 4. The second kappa shape index (κ2) is 10.7. The molecule has 0 spiro atoms. The van der Waals surface area contributed by atoms with Crippen molar-refractivity contribution in [2.75, 3.05) is 24.4 Å². The van der Waals surface area contributed by atoms with Gasteiger partial charge >= 0.3 is 12.2 Å². The smallest absolute Gasteiger partial charge is 0.382 e. The van der Waals surface area contributed by atoms with Crippen molar-refractivity contribution >= 4 is 29.0 Å². The molecule has 0 radical (unpaired) electrons. The van der Waals surface area contributed by atoms with Crippen LogP contribution in [0, 0.1) is 6.92 Å². The Morgan fingerprint density at radius 2 is 1.86 bits per heavy atom. The van der Waals surface area contributed by atoms with Crippen LogP contribution in [0.2, 0.25) is 0 Å². The van der Waals surface area contributed by atoms with Gasteiger partial charge in [-0.3, -0.25) is 9.20 Å². The molecular formula is C26H24F3N5O3. The molecule has 4 aromatic rings. The van der Waals surface area contributed by atoms with E-state index in [1.54, 1.807) is 40.9 Å². The number of pyridine rings is 1. The van der Waals surface area contributed by atoms with Crippen LogP contribution in [0.5, 0.6) is 0 Å². The summed E-state index contributed by atoms with van der Waals surface area (Å²) in [6.07, 6.45) is -1.31. The van der Waals surface area contributed by atoms with Crippen LogP contribution in [0.4, 0.5) is 29.3 Å². The Hall–Kier alpha value is -4.38. The number of methoxy groups -OCH3 is 1. The van der Waals surface area contributed by atoms with Crippen molar-refractivity contribution in [3.63, 3.8) is 0 Å². The number of anilines is 2. The average Bonchev–Trinajstić information content (AvgIpc) is 3.29. The fourth-order valence-corrected chi connectivity index (χ4v) is 3.76. The summed E-state index contributed by atoms with van der Waals surface area (Å²) in [5.74, 6) is -0.363. The SMILES string of the molecule is COC[C@H](NC(=O)Nc1cccc(C(F)(F)F)c1)c1ccc(C)c(NC(=O)c2cnc3ccccn23)c1. The van der Waals surface area contributed by atoms with Gasteiger partial charge in [0.25, 0.3) is 5.91 Å². The Morgan fingerprint density at radius 3 is 2.62 bits per heavy atom. The van der Waals surface area contributed by atoms with Gasteiger partial charge in [0.1, 0.15) is 11.3 Å². The van der Waals surface area contributed by atoms with Crippen LogP contribution in [0.25, 0.3) is 5.65 Å². The first-order valence-corrected chi connectivity index (χ1v) is 11.2. The maximum Gasteiger partial charge on any atom is 0.416 e. The molecule has 0 fully saturated rings. The van der Waals surface area contributed by atoms with E-state index in [1.165, 1.54) is 25.4 Å². The fourth-order valence-electron chi connectivity index (χ4n) is 3.76. The lowest BCUT2D eigenvalue weighted by molar-refractivity contribution is -0.137. The Morgan fingerprint density at radius 1 is 1.05 bits per heavy atom. The molecule has 2 heterocycles. The molecule has 11 heteroatoms. The molecule has 0 aliphatic carbocycles. The number of nitrogens with zero attached hydrogens (tertiary/aromatic N) is 2. The number of alkyl halides is 3. The van der Waals surface area contributed by atoms with Gasteiger partial charge in [-0.1, -0.05) is 24.3 Å². The number of halogens is 3. The predicted octanol–water partition coefficient (Wildman–Crippen LogP) is 5.42. The van der Waals surface area contributed by atoms with E-state index in [2.05, 4.69) is 20.9 Å². The summed E-state index contributed by atoms with van der Waals surface area (Å²) in [6, 6.07) is 13.7. The molecule has 0 aliphatic rings. The number of carbonyl (C=O) groups excluding carboxylic acids is 2. The average molecular weight is 512 g/mol. The highest BCUT2D eigenvalue weighted by Gasteiger charge is 2.30. The van der Waals surface area contributed by atoms with Crippen LogP contribution in [-0.2, 0) is 10.9 Å². The highest BCUT2D eigenvalue weighted by Crippen LogP contribution is 2.30. The van der Waals surface area contributed by atoms with Gasteiger partial charge in [0, 0.05) is 24.7 Å². The lowest BCUT2D eigenvalue weighted by Crippen LogP contribution is -2.35. The lowest BCUT2D eigenvalue weighted by Gasteiger charge is -2.21. The molecule has 3 amide bonds. The second-order valence-electron chi connectivity index (χ2n) is 8.29. The van der Waals surface area contributed by atoms with Crippen molar-refractivity contribution < 1.29 is 27.5 Å². The number of benzene rings is 2. The van der Waals surface area contributed by atoms with Gasteiger partial charge < -0.3 is 20.7 Å². The third-order valence-corrected chi connectivity index (χ3v) is 5.65. The maximum atomic E-state index is 13.0. The first kappa shape index (κ1) is 25.7. The van der Waals surface area contributed by atoms with Gasteiger partial charge in [-0.25, -0.2) is 9.78 Å². The highest BCUT2D eigenvalue weighted by atomic mass is 19.4. The van der Waals surface area contributed by atoms with Gasteiger partial charge in [0.2, 0.25) is 0 Å². The molecule has 192 valence electrons. The van der Waals surface area contributed by atoms with E-state index in [0.717, 1.165) is 17.7 Å². The molecule has 1 atom stereocenters. The Labute approximate surface area is 210 Å². The first-order chi connectivity index (χ1) is 17.7. The summed E-state index contributed by atoms with van der Waals surface area (Å²) in [5.41, 5.74) is 2.05. The van der Waals surface area contributed by atoms with Crippen molar-refractivity contribution in [2.45, 2.75) is 19.1 Å². The topological polar surface area (TPSA) is 96.8 Å². The Kier molecular flexibility index (Phi) is 7.44. The van der Waals surface area contributed by atoms with Crippen LogP contribution in [0.15, 0.2) is 73.1 Å². The van der Waals surface area contributed by atoms with E-state index in [9.17, 15) is 22.8 Å². The molecule has 0 unspecified atom stereocenters. The van der Waals surface area contributed by atoms with Gasteiger partial charge in [-0.05, 0) is 54.4 Å². The number of aryl methyl sites for hydroxylation is 1. The monoisotopic (exact) mass is 511 g/mol. The van der Waals surface area contributed by atoms with Crippen molar-refractivity contribution in [2.24, 2.45) is 0 Å². The zero-order valence-corrected chi connectivity index (χ0v) is 20.0. The van der Waals surface area contributed by atoms with E-state index >= 15 is 0 Å². The highest BCUT2D eigenvalue weighted by molar-refractivity contribution is 6.04. The van der Waals surface area contributed by atoms with Gasteiger partial charge in [0.15, 0.2) is 0 Å². The van der Waals surface area contributed by atoms with Gasteiger partial charge in [0.05, 0.1) is 24.4 Å². The summed E-state index contributed by atoms with van der Waals surface area (Å²) in [5, 5.41) is 8.01. The summed E-state index contributed by atoms with van der Waals surface area (Å²) >= 11 is 0. The van der Waals surface area contributed by atoms with E-state index in [-0.39, 0.29) is 18.2 Å². The normalized spacial score (nSPS) is 12.2. The summed E-state index contributed by atoms with van der Waals surface area (Å²) < 4.78 is 45.9. The van der Waals surface area contributed by atoms with Crippen LogP contribution in [-0.4, -0.2) is 35.0 Å². The minimum Gasteiger partial charge on any atom is -0.382 e. The summed E-state index contributed by atoms with van der Waals surface area (Å²) in [7, 11) is 1.46. The number of nitrogens with one attached hydrogen (secondary N) is 3. The number of rotatable bonds is 7. The zero-order chi connectivity index (χ0) is 26.6. The number of amides is 3. The molecular weight excluding hydrogens is 487 g/mol. The predicted molar refractivity (Wildman–Crippen MR) is 133 cm³/mol. The van der Waals surface area contributed by atoms with E-state index in [0.29, 0.717) is 22.6 Å². The fraction of sp³-hybridized carbons (Fsp3) is 0.192. The molecule has 8 nitrogen and oxygen atoms in total. The van der Waals surface area contributed by atoms with Gasteiger partial charge in [-0.2, -0.15) is 13.2 Å². The number of hydrogen-bond donors (Lipinski definition) is 3.